The van der Waals surface area contributed by atoms with E-state index < -0.39 is 17.7 Å². The minimum atomic E-state index is -0.641. The quantitative estimate of drug-likeness (QED) is 0.369. The van der Waals surface area contributed by atoms with Gasteiger partial charge in [-0.3, -0.25) is 9.59 Å². The van der Waals surface area contributed by atoms with Gasteiger partial charge < -0.3 is 19.6 Å². The summed E-state index contributed by atoms with van der Waals surface area (Å²) in [6.45, 7) is 7.72. The van der Waals surface area contributed by atoms with Crippen molar-refractivity contribution in [3.63, 3.8) is 0 Å². The van der Waals surface area contributed by atoms with Crippen molar-refractivity contribution in [2.24, 2.45) is 0 Å². The first-order valence-electron chi connectivity index (χ1n) is 10.8. The van der Waals surface area contributed by atoms with Crippen LogP contribution in [0, 0.1) is 0 Å². The largest absolute Gasteiger partial charge is 0.507 e. The lowest BCUT2D eigenvalue weighted by Gasteiger charge is -2.26. The van der Waals surface area contributed by atoms with E-state index in [1.54, 1.807) is 36.3 Å². The van der Waals surface area contributed by atoms with E-state index in [1.165, 1.54) is 4.90 Å². The zero-order valence-corrected chi connectivity index (χ0v) is 18.4. The van der Waals surface area contributed by atoms with Crippen molar-refractivity contribution in [1.29, 1.82) is 0 Å². The smallest absolute Gasteiger partial charge is 0.295 e. The SMILES string of the molecule is CC[NH+](CC)CCCN1C(=O)C(=O)/C(=C(/O)c2ccc(OC)cc2)[C@H]1c1ccccc1. The lowest BCUT2D eigenvalue weighted by Crippen LogP contribution is -3.11. The van der Waals surface area contributed by atoms with Crippen molar-refractivity contribution >= 4 is 17.4 Å². The number of ketones is 1. The summed E-state index contributed by atoms with van der Waals surface area (Å²) in [5, 5.41) is 11.0. The van der Waals surface area contributed by atoms with E-state index in [4.69, 9.17) is 4.74 Å². The number of carbonyl (C=O) groups is 2. The predicted octanol–water partition coefficient (Wildman–Crippen LogP) is 2.43. The molecule has 164 valence electrons. The van der Waals surface area contributed by atoms with Gasteiger partial charge >= 0.3 is 0 Å². The highest BCUT2D eigenvalue weighted by Crippen LogP contribution is 2.39. The monoisotopic (exact) mass is 423 g/mol. The van der Waals surface area contributed by atoms with Crippen molar-refractivity contribution < 1.29 is 24.3 Å². The highest BCUT2D eigenvalue weighted by atomic mass is 16.5. The number of nitrogens with zero attached hydrogens (tertiary/aromatic N) is 1. The summed E-state index contributed by atoms with van der Waals surface area (Å²) >= 11 is 0. The lowest BCUT2D eigenvalue weighted by molar-refractivity contribution is -0.896. The van der Waals surface area contributed by atoms with Gasteiger partial charge in [-0.05, 0) is 43.7 Å². The molecule has 0 spiro atoms. The second kappa shape index (κ2) is 10.3. The van der Waals surface area contributed by atoms with Gasteiger partial charge in [-0.1, -0.05) is 30.3 Å². The number of hydrogen-bond acceptors (Lipinski definition) is 4. The average Bonchev–Trinajstić information content (AvgIpc) is 3.07. The molecule has 2 N–H and O–H groups in total. The van der Waals surface area contributed by atoms with Crippen LogP contribution in [0.4, 0.5) is 0 Å². The summed E-state index contributed by atoms with van der Waals surface area (Å²) < 4.78 is 5.17. The van der Waals surface area contributed by atoms with Crippen LogP contribution in [0.15, 0.2) is 60.2 Å². The van der Waals surface area contributed by atoms with Crippen molar-refractivity contribution in [2.75, 3.05) is 33.3 Å². The first-order valence-corrected chi connectivity index (χ1v) is 10.8. The molecule has 0 unspecified atom stereocenters. The Bertz CT molecular complexity index is 934. The molecule has 31 heavy (non-hydrogen) atoms. The standard InChI is InChI=1S/C25H30N2O4/c1-4-26(5-2)16-9-17-27-22(18-10-7-6-8-11-18)21(24(29)25(27)30)23(28)19-12-14-20(31-3)15-13-19/h6-8,10-15,22,28H,4-5,9,16-17H2,1-3H3/p+1/b23-21+/t22-/m1/s1. The Morgan fingerprint density at radius 3 is 2.26 bits per heavy atom. The van der Waals surface area contributed by atoms with Crippen LogP contribution in [0.2, 0.25) is 0 Å². The number of amides is 1. The Labute approximate surface area is 183 Å². The van der Waals surface area contributed by atoms with E-state index in [2.05, 4.69) is 13.8 Å². The molecule has 3 rings (SSSR count). The highest BCUT2D eigenvalue weighted by Gasteiger charge is 2.45. The minimum Gasteiger partial charge on any atom is -0.507 e. The third-order valence-corrected chi connectivity index (χ3v) is 5.95. The molecular formula is C25H31N2O4+. The highest BCUT2D eigenvalue weighted by molar-refractivity contribution is 6.46. The summed E-state index contributed by atoms with van der Waals surface area (Å²) in [6.07, 6.45) is 0.788. The molecule has 6 nitrogen and oxygen atoms in total. The zero-order valence-electron chi connectivity index (χ0n) is 18.4. The molecule has 0 aliphatic carbocycles. The van der Waals surface area contributed by atoms with Crippen LogP contribution in [0.5, 0.6) is 5.75 Å². The summed E-state index contributed by atoms with van der Waals surface area (Å²) in [5.74, 6) is -0.710. The number of benzene rings is 2. The van der Waals surface area contributed by atoms with Gasteiger partial charge in [-0.25, -0.2) is 0 Å². The number of Topliss-reactive ketones (excluding diaryl/α,β-unsaturated/α-hetero) is 1. The second-order valence-corrected chi connectivity index (χ2v) is 7.69. The van der Waals surface area contributed by atoms with E-state index >= 15 is 0 Å². The first-order chi connectivity index (χ1) is 15.0. The van der Waals surface area contributed by atoms with Gasteiger partial charge in [0.05, 0.1) is 38.4 Å². The minimum absolute atomic E-state index is 0.136. The van der Waals surface area contributed by atoms with Crippen LogP contribution in [-0.2, 0) is 9.59 Å². The van der Waals surface area contributed by atoms with Crippen molar-refractivity contribution in [3.05, 3.63) is 71.3 Å². The maximum Gasteiger partial charge on any atom is 0.295 e. The Morgan fingerprint density at radius 1 is 1.03 bits per heavy atom. The topological polar surface area (TPSA) is 71.3 Å². The number of aliphatic hydroxyl groups is 1. The Kier molecular flexibility index (Phi) is 7.47. The number of aliphatic hydroxyl groups excluding tert-OH is 1. The fourth-order valence-electron chi connectivity index (χ4n) is 4.10. The van der Waals surface area contributed by atoms with E-state index in [-0.39, 0.29) is 11.3 Å². The molecule has 1 fully saturated rings. The summed E-state index contributed by atoms with van der Waals surface area (Å²) in [6, 6.07) is 15.6. The molecule has 1 atom stereocenters. The molecule has 6 heteroatoms. The first kappa shape index (κ1) is 22.6. The number of nitrogens with one attached hydrogen (secondary N) is 1. The maximum absolute atomic E-state index is 13.0. The van der Waals surface area contributed by atoms with Crippen LogP contribution in [-0.4, -0.2) is 55.0 Å². The van der Waals surface area contributed by atoms with Crippen LogP contribution >= 0.6 is 0 Å². The molecular weight excluding hydrogens is 392 g/mol. The Balaban J connectivity index is 1.98. The number of likely N-dealkylation sites (tertiary alicyclic amines) is 1. The van der Waals surface area contributed by atoms with E-state index in [1.807, 2.05) is 30.3 Å². The van der Waals surface area contributed by atoms with Crippen LogP contribution in [0.25, 0.3) is 5.76 Å². The zero-order chi connectivity index (χ0) is 22.4. The van der Waals surface area contributed by atoms with Gasteiger partial charge in [0.2, 0.25) is 0 Å². The second-order valence-electron chi connectivity index (χ2n) is 7.69. The molecule has 0 saturated carbocycles. The predicted molar refractivity (Wildman–Crippen MR) is 120 cm³/mol. The summed E-state index contributed by atoms with van der Waals surface area (Å²) in [7, 11) is 1.57. The van der Waals surface area contributed by atoms with Crippen molar-refractivity contribution in [1.82, 2.24) is 4.90 Å². The van der Waals surface area contributed by atoms with Gasteiger partial charge in [0.25, 0.3) is 11.7 Å². The van der Waals surface area contributed by atoms with Crippen molar-refractivity contribution in [3.8, 4) is 5.75 Å². The molecule has 2 aromatic rings. The number of methoxy groups -OCH3 is 1. The number of rotatable bonds is 9. The van der Waals surface area contributed by atoms with Gasteiger partial charge in [0, 0.05) is 18.5 Å². The molecule has 1 aliphatic heterocycles. The Morgan fingerprint density at radius 2 is 1.68 bits per heavy atom. The van der Waals surface area contributed by atoms with Crippen LogP contribution < -0.4 is 9.64 Å². The molecule has 1 saturated heterocycles. The number of hydrogen-bond donors (Lipinski definition) is 2. The van der Waals surface area contributed by atoms with Crippen LogP contribution in [0.3, 0.4) is 0 Å². The lowest BCUT2D eigenvalue weighted by atomic mass is 9.95. The molecule has 2 aromatic carbocycles. The van der Waals surface area contributed by atoms with E-state index in [0.717, 1.165) is 31.6 Å². The fourth-order valence-corrected chi connectivity index (χ4v) is 4.10. The molecule has 0 radical (unpaired) electrons. The molecule has 1 heterocycles. The molecule has 0 aromatic heterocycles. The number of quaternary nitrogens is 1. The maximum atomic E-state index is 13.0. The third kappa shape index (κ3) is 4.80. The van der Waals surface area contributed by atoms with Crippen molar-refractivity contribution in [2.45, 2.75) is 26.3 Å². The van der Waals surface area contributed by atoms with Gasteiger partial charge in [0.15, 0.2) is 0 Å². The summed E-state index contributed by atoms with van der Waals surface area (Å²) in [4.78, 5) is 29.0. The van der Waals surface area contributed by atoms with E-state index in [0.29, 0.717) is 17.9 Å². The molecule has 1 aliphatic rings. The van der Waals surface area contributed by atoms with E-state index in [9.17, 15) is 14.7 Å². The number of ether oxygens (including phenoxy) is 1. The van der Waals surface area contributed by atoms with Crippen LogP contribution in [0.1, 0.15) is 37.4 Å². The average molecular weight is 424 g/mol. The molecule has 1 amide bonds. The Hall–Kier alpha value is -3.12. The third-order valence-electron chi connectivity index (χ3n) is 5.95. The van der Waals surface area contributed by atoms with Gasteiger partial charge in [-0.15, -0.1) is 0 Å². The molecule has 0 bridgehead atoms. The summed E-state index contributed by atoms with van der Waals surface area (Å²) in [5.41, 5.74) is 1.43. The van der Waals surface area contributed by atoms with Gasteiger partial charge in [-0.2, -0.15) is 0 Å². The fraction of sp³-hybridized carbons (Fsp3) is 0.360. The number of carbonyl (C=O) groups excluding carboxylic acids is 2. The van der Waals surface area contributed by atoms with Gasteiger partial charge in [0.1, 0.15) is 11.5 Å². The normalized spacial score (nSPS) is 18.1.